The first-order valence-electron chi connectivity index (χ1n) is 6.34. The summed E-state index contributed by atoms with van der Waals surface area (Å²) in [6.45, 7) is 0. The number of carbonyl (C=O) groups excluding carboxylic acids is 1. The van der Waals surface area contributed by atoms with Crippen molar-refractivity contribution in [2.45, 2.75) is 12.1 Å². The minimum absolute atomic E-state index is 0.196. The van der Waals surface area contributed by atoms with Crippen LogP contribution in [-0.4, -0.2) is 45.3 Å². The van der Waals surface area contributed by atoms with Gasteiger partial charge in [-0.3, -0.25) is 4.79 Å². The molecule has 0 fully saturated rings. The van der Waals surface area contributed by atoms with Gasteiger partial charge in [-0.05, 0) is 16.8 Å². The minimum atomic E-state index is -2.24. The smallest absolute Gasteiger partial charge is 0.335 e. The second-order valence-electron chi connectivity index (χ2n) is 4.60. The predicted octanol–water partition coefficient (Wildman–Crippen LogP) is 0.468. The van der Waals surface area contributed by atoms with Crippen LogP contribution in [0.5, 0.6) is 0 Å². The van der Waals surface area contributed by atoms with Crippen molar-refractivity contribution >= 4 is 28.6 Å². The molecule has 0 radical (unpaired) electrons. The third-order valence-electron chi connectivity index (χ3n) is 3.16. The Hall–Kier alpha value is -2.93. The Bertz CT molecular complexity index is 736. The van der Waals surface area contributed by atoms with Gasteiger partial charge in [0.1, 0.15) is 0 Å². The average Bonchev–Trinajstić information content (AvgIpc) is 2.50. The zero-order valence-corrected chi connectivity index (χ0v) is 11.3. The Balaban J connectivity index is 2.34. The van der Waals surface area contributed by atoms with Crippen LogP contribution < -0.4 is 5.32 Å². The lowest BCUT2D eigenvalue weighted by molar-refractivity contribution is -0.155. The van der Waals surface area contributed by atoms with E-state index in [-0.39, 0.29) is 5.56 Å². The van der Waals surface area contributed by atoms with Crippen LogP contribution >= 0.6 is 0 Å². The molecule has 0 saturated carbocycles. The molecule has 0 aliphatic rings. The molecule has 7 heteroatoms. The summed E-state index contributed by atoms with van der Waals surface area (Å²) < 4.78 is 0. The van der Waals surface area contributed by atoms with E-state index in [2.05, 4.69) is 0 Å². The number of nitrogens with one attached hydrogen (secondary N) is 1. The van der Waals surface area contributed by atoms with Crippen molar-refractivity contribution in [2.75, 3.05) is 0 Å². The van der Waals surface area contributed by atoms with Crippen molar-refractivity contribution in [2.24, 2.45) is 0 Å². The van der Waals surface area contributed by atoms with E-state index in [0.29, 0.717) is 5.39 Å². The molecule has 0 saturated heterocycles. The van der Waals surface area contributed by atoms with Gasteiger partial charge in [0.2, 0.25) is 0 Å². The van der Waals surface area contributed by atoms with Gasteiger partial charge in [0.05, 0.1) is 0 Å². The van der Waals surface area contributed by atoms with E-state index in [9.17, 15) is 19.5 Å². The Morgan fingerprint density at radius 2 is 1.55 bits per heavy atom. The number of fused-ring (bicyclic) bond motifs is 1. The average molecular weight is 303 g/mol. The maximum atomic E-state index is 12.2. The van der Waals surface area contributed by atoms with Crippen LogP contribution in [0.4, 0.5) is 0 Å². The first-order chi connectivity index (χ1) is 10.4. The number of hydrogen-bond acceptors (Lipinski definition) is 4. The van der Waals surface area contributed by atoms with E-state index in [1.165, 1.54) is 6.07 Å². The molecule has 0 heterocycles. The quantitative estimate of drug-likeness (QED) is 0.636. The van der Waals surface area contributed by atoms with E-state index in [1.807, 2.05) is 5.32 Å². The second-order valence-corrected chi connectivity index (χ2v) is 4.60. The van der Waals surface area contributed by atoms with E-state index in [0.717, 1.165) is 5.39 Å². The second kappa shape index (κ2) is 6.23. The lowest BCUT2D eigenvalue weighted by atomic mass is 10.0. The van der Waals surface area contributed by atoms with Crippen molar-refractivity contribution in [1.29, 1.82) is 0 Å². The molecule has 2 unspecified atom stereocenters. The molecule has 0 aromatic heterocycles. The van der Waals surface area contributed by atoms with Gasteiger partial charge in [0.25, 0.3) is 5.91 Å². The van der Waals surface area contributed by atoms with Crippen LogP contribution in [0.1, 0.15) is 10.4 Å². The van der Waals surface area contributed by atoms with Crippen LogP contribution in [0.2, 0.25) is 0 Å². The van der Waals surface area contributed by atoms with Gasteiger partial charge in [-0.2, -0.15) is 0 Å². The third kappa shape index (κ3) is 3.04. The van der Waals surface area contributed by atoms with Gasteiger partial charge in [0.15, 0.2) is 12.1 Å². The van der Waals surface area contributed by atoms with Crippen LogP contribution in [-0.2, 0) is 9.59 Å². The van der Waals surface area contributed by atoms with Crippen LogP contribution in [0.3, 0.4) is 0 Å². The van der Waals surface area contributed by atoms with E-state index in [1.54, 1.807) is 36.4 Å². The zero-order valence-electron chi connectivity index (χ0n) is 11.3. The summed E-state index contributed by atoms with van der Waals surface area (Å²) in [7, 11) is 0. The molecule has 4 N–H and O–H groups in total. The molecule has 114 valence electrons. The topological polar surface area (TPSA) is 124 Å². The number of aliphatic hydroxyl groups excluding tert-OH is 1. The van der Waals surface area contributed by atoms with Crippen molar-refractivity contribution < 1.29 is 29.7 Å². The first-order valence-corrected chi connectivity index (χ1v) is 6.34. The summed E-state index contributed by atoms with van der Waals surface area (Å²) in [6, 6.07) is 9.94. The molecule has 2 aromatic carbocycles. The molecule has 22 heavy (non-hydrogen) atoms. The Morgan fingerprint density at radius 3 is 2.18 bits per heavy atom. The number of carboxylic acids is 2. The number of rotatable bonds is 5. The van der Waals surface area contributed by atoms with Crippen LogP contribution in [0, 0.1) is 0 Å². The van der Waals surface area contributed by atoms with Crippen molar-refractivity contribution in [3.8, 4) is 0 Å². The molecule has 0 aliphatic heterocycles. The standard InChI is InChI=1S/C15H13NO6/c17-12(15(21)22)11(14(19)20)16-13(18)10-7-3-5-8-4-1-2-6-9(8)10/h1-7,11-12,17H,(H,16,18)(H,19,20)(H,21,22). The number of carbonyl (C=O) groups is 3. The highest BCUT2D eigenvalue weighted by Crippen LogP contribution is 2.18. The summed E-state index contributed by atoms with van der Waals surface area (Å²) >= 11 is 0. The van der Waals surface area contributed by atoms with E-state index < -0.39 is 30.0 Å². The minimum Gasteiger partial charge on any atom is -0.480 e. The maximum absolute atomic E-state index is 12.2. The summed E-state index contributed by atoms with van der Waals surface area (Å²) in [5, 5.41) is 30.4. The van der Waals surface area contributed by atoms with Gasteiger partial charge in [-0.1, -0.05) is 36.4 Å². The number of carboxylic acid groups (broad SMARTS) is 2. The number of amides is 1. The van der Waals surface area contributed by atoms with Crippen molar-refractivity contribution in [3.63, 3.8) is 0 Å². The normalized spacial score (nSPS) is 13.3. The summed E-state index contributed by atoms with van der Waals surface area (Å²) in [6.07, 6.45) is -2.24. The van der Waals surface area contributed by atoms with Gasteiger partial charge in [-0.25, -0.2) is 9.59 Å². The van der Waals surface area contributed by atoms with Crippen molar-refractivity contribution in [1.82, 2.24) is 5.32 Å². The van der Waals surface area contributed by atoms with Crippen LogP contribution in [0.25, 0.3) is 10.8 Å². The predicted molar refractivity (Wildman–Crippen MR) is 76.5 cm³/mol. The Kier molecular flexibility index (Phi) is 4.38. The first kappa shape index (κ1) is 15.5. The highest BCUT2D eigenvalue weighted by Gasteiger charge is 2.33. The molecule has 7 nitrogen and oxygen atoms in total. The number of aliphatic carboxylic acids is 2. The molecular weight excluding hydrogens is 290 g/mol. The van der Waals surface area contributed by atoms with Crippen molar-refractivity contribution in [3.05, 3.63) is 48.0 Å². The molecule has 0 bridgehead atoms. The summed E-state index contributed by atoms with van der Waals surface area (Å²) in [5.41, 5.74) is 0.196. The molecule has 2 rings (SSSR count). The molecule has 2 aromatic rings. The fourth-order valence-electron chi connectivity index (χ4n) is 2.06. The monoisotopic (exact) mass is 303 g/mol. The molecule has 0 spiro atoms. The molecule has 2 atom stereocenters. The van der Waals surface area contributed by atoms with Gasteiger partial charge in [-0.15, -0.1) is 0 Å². The Labute approximate surface area is 124 Å². The number of benzene rings is 2. The zero-order chi connectivity index (χ0) is 16.3. The highest BCUT2D eigenvalue weighted by molar-refractivity contribution is 6.08. The van der Waals surface area contributed by atoms with Gasteiger partial charge < -0.3 is 20.6 Å². The number of hydrogen-bond donors (Lipinski definition) is 4. The third-order valence-corrected chi connectivity index (χ3v) is 3.16. The van der Waals surface area contributed by atoms with E-state index in [4.69, 9.17) is 10.2 Å². The summed E-state index contributed by atoms with van der Waals surface area (Å²) in [5.74, 6) is -4.14. The number of aliphatic hydroxyl groups is 1. The highest BCUT2D eigenvalue weighted by atomic mass is 16.4. The fourth-order valence-corrected chi connectivity index (χ4v) is 2.06. The van der Waals surface area contributed by atoms with Crippen LogP contribution in [0.15, 0.2) is 42.5 Å². The largest absolute Gasteiger partial charge is 0.480 e. The lowest BCUT2D eigenvalue weighted by Crippen LogP contribution is -2.51. The maximum Gasteiger partial charge on any atom is 0.335 e. The fraction of sp³-hybridized carbons (Fsp3) is 0.133. The molecular formula is C15H13NO6. The SMILES string of the molecule is O=C(NC(C(=O)O)C(O)C(=O)O)c1cccc2ccccc12. The molecule has 0 aliphatic carbocycles. The van der Waals surface area contributed by atoms with Gasteiger partial charge in [0, 0.05) is 5.56 Å². The Morgan fingerprint density at radius 1 is 0.909 bits per heavy atom. The summed E-state index contributed by atoms with van der Waals surface area (Å²) in [4.78, 5) is 34.0. The lowest BCUT2D eigenvalue weighted by Gasteiger charge is -2.17. The van der Waals surface area contributed by atoms with Gasteiger partial charge >= 0.3 is 11.9 Å². The molecule has 1 amide bonds. The van der Waals surface area contributed by atoms with E-state index >= 15 is 0 Å².